The normalized spacial score (nSPS) is 15.1. The lowest BCUT2D eigenvalue weighted by molar-refractivity contribution is 0.402. The Kier molecular flexibility index (Phi) is 2.88. The summed E-state index contributed by atoms with van der Waals surface area (Å²) in [6, 6.07) is 10.0. The van der Waals surface area contributed by atoms with E-state index in [0.717, 1.165) is 28.7 Å². The summed E-state index contributed by atoms with van der Waals surface area (Å²) in [5.41, 5.74) is 2.38. The fraction of sp³-hybridized carbons (Fsp3) is 0.308. The summed E-state index contributed by atoms with van der Waals surface area (Å²) in [4.78, 5) is 0. The van der Waals surface area contributed by atoms with Gasteiger partial charge in [-0.3, -0.25) is 0 Å². The lowest BCUT2D eigenvalue weighted by Gasteiger charge is -2.25. The van der Waals surface area contributed by atoms with Crippen LogP contribution < -0.4 is 0 Å². The van der Waals surface area contributed by atoms with Crippen LogP contribution in [0, 0.1) is 11.3 Å². The number of aromatic nitrogens is 3. The molecule has 0 amide bonds. The van der Waals surface area contributed by atoms with Crippen molar-refractivity contribution in [3.63, 3.8) is 0 Å². The first-order chi connectivity index (χ1) is 8.79. The number of rotatable bonds is 2. The molecule has 0 saturated heterocycles. The van der Waals surface area contributed by atoms with E-state index < -0.39 is 0 Å². The molecule has 0 unspecified atom stereocenters. The molecular formula is C13H11BrN4. The lowest BCUT2D eigenvalue weighted by Crippen LogP contribution is -2.15. The number of benzene rings is 1. The second kappa shape index (κ2) is 4.54. The van der Waals surface area contributed by atoms with Gasteiger partial charge in [-0.05, 0) is 37.1 Å². The molecular weight excluding hydrogens is 292 g/mol. The molecule has 4 nitrogen and oxygen atoms in total. The van der Waals surface area contributed by atoms with Crippen molar-refractivity contribution in [2.24, 2.45) is 0 Å². The molecule has 1 fully saturated rings. The summed E-state index contributed by atoms with van der Waals surface area (Å²) in [7, 11) is 0. The molecule has 1 aliphatic rings. The van der Waals surface area contributed by atoms with Gasteiger partial charge < -0.3 is 0 Å². The van der Waals surface area contributed by atoms with Gasteiger partial charge in [-0.1, -0.05) is 27.6 Å². The molecule has 1 heterocycles. The van der Waals surface area contributed by atoms with Gasteiger partial charge in [0.05, 0.1) is 11.4 Å². The molecule has 1 aromatic heterocycles. The van der Waals surface area contributed by atoms with E-state index >= 15 is 0 Å². The number of hydrogen-bond acceptors (Lipinski definition) is 3. The van der Waals surface area contributed by atoms with Crippen molar-refractivity contribution < 1.29 is 0 Å². The molecule has 2 aromatic rings. The molecule has 1 aliphatic carbocycles. The summed E-state index contributed by atoms with van der Waals surface area (Å²) in [6.45, 7) is 0. The molecule has 3 rings (SSSR count). The van der Waals surface area contributed by atoms with E-state index in [-0.39, 0.29) is 0 Å². The van der Waals surface area contributed by atoms with Gasteiger partial charge in [0.15, 0.2) is 5.69 Å². The van der Waals surface area contributed by atoms with Gasteiger partial charge >= 0.3 is 0 Å². The standard InChI is InChI=1S/C13H11BrN4/c14-10-4-6-11(7-5-10)18-13(9-2-1-3-9)12(8-15)16-17-18/h4-7,9H,1-3H2. The fourth-order valence-corrected chi connectivity index (χ4v) is 2.45. The Bertz CT molecular complexity index is 605. The van der Waals surface area contributed by atoms with Crippen LogP contribution >= 0.6 is 15.9 Å². The molecule has 0 aliphatic heterocycles. The molecule has 5 heteroatoms. The van der Waals surface area contributed by atoms with Crippen LogP contribution in [0.1, 0.15) is 36.6 Å². The first kappa shape index (κ1) is 11.4. The van der Waals surface area contributed by atoms with E-state index in [0.29, 0.717) is 11.6 Å². The highest BCUT2D eigenvalue weighted by atomic mass is 79.9. The average Bonchev–Trinajstić information content (AvgIpc) is 2.72. The zero-order valence-electron chi connectivity index (χ0n) is 9.67. The van der Waals surface area contributed by atoms with E-state index in [2.05, 4.69) is 32.3 Å². The van der Waals surface area contributed by atoms with Crippen LogP contribution in [0.3, 0.4) is 0 Å². The van der Waals surface area contributed by atoms with Crippen molar-refractivity contribution in [2.75, 3.05) is 0 Å². The third-order valence-electron chi connectivity index (χ3n) is 3.37. The van der Waals surface area contributed by atoms with Crippen LogP contribution in [-0.4, -0.2) is 15.0 Å². The van der Waals surface area contributed by atoms with Crippen LogP contribution in [0.4, 0.5) is 0 Å². The minimum Gasteiger partial charge on any atom is -0.216 e. The highest BCUT2D eigenvalue weighted by Crippen LogP contribution is 2.38. The number of halogens is 1. The smallest absolute Gasteiger partial charge is 0.186 e. The number of hydrogen-bond donors (Lipinski definition) is 0. The predicted molar refractivity (Wildman–Crippen MR) is 70.4 cm³/mol. The van der Waals surface area contributed by atoms with Crippen LogP contribution in [0.2, 0.25) is 0 Å². The van der Waals surface area contributed by atoms with E-state index in [1.807, 2.05) is 24.3 Å². The Morgan fingerprint density at radius 2 is 2.00 bits per heavy atom. The van der Waals surface area contributed by atoms with Gasteiger partial charge in [0.2, 0.25) is 0 Å². The summed E-state index contributed by atoms with van der Waals surface area (Å²) >= 11 is 3.41. The predicted octanol–water partition coefficient (Wildman–Crippen LogP) is 3.17. The van der Waals surface area contributed by atoms with Crippen LogP contribution in [0.25, 0.3) is 5.69 Å². The maximum absolute atomic E-state index is 9.12. The summed E-state index contributed by atoms with van der Waals surface area (Å²) < 4.78 is 2.83. The third kappa shape index (κ3) is 1.83. The van der Waals surface area contributed by atoms with E-state index in [1.54, 1.807) is 4.68 Å². The molecule has 1 saturated carbocycles. The quantitative estimate of drug-likeness (QED) is 0.856. The molecule has 0 N–H and O–H groups in total. The van der Waals surface area contributed by atoms with Crippen molar-refractivity contribution in [1.29, 1.82) is 5.26 Å². The molecule has 0 bridgehead atoms. The van der Waals surface area contributed by atoms with Gasteiger partial charge in [-0.25, -0.2) is 4.68 Å². The van der Waals surface area contributed by atoms with Crippen molar-refractivity contribution in [3.8, 4) is 11.8 Å². The van der Waals surface area contributed by atoms with Gasteiger partial charge in [-0.15, -0.1) is 5.10 Å². The van der Waals surface area contributed by atoms with Gasteiger partial charge in [-0.2, -0.15) is 5.26 Å². The van der Waals surface area contributed by atoms with Crippen LogP contribution in [0.15, 0.2) is 28.7 Å². The largest absolute Gasteiger partial charge is 0.216 e. The van der Waals surface area contributed by atoms with Gasteiger partial charge in [0.1, 0.15) is 6.07 Å². The first-order valence-corrected chi connectivity index (χ1v) is 6.70. The maximum Gasteiger partial charge on any atom is 0.186 e. The Balaban J connectivity index is 2.09. The zero-order chi connectivity index (χ0) is 12.5. The second-order valence-corrected chi connectivity index (χ2v) is 5.37. The van der Waals surface area contributed by atoms with E-state index in [4.69, 9.17) is 5.26 Å². The fourth-order valence-electron chi connectivity index (χ4n) is 2.19. The average molecular weight is 303 g/mol. The molecule has 18 heavy (non-hydrogen) atoms. The summed E-state index contributed by atoms with van der Waals surface area (Å²) in [6.07, 6.45) is 3.47. The van der Waals surface area contributed by atoms with Gasteiger partial charge in [0, 0.05) is 10.4 Å². The summed E-state index contributed by atoms with van der Waals surface area (Å²) in [5, 5.41) is 17.2. The minimum atomic E-state index is 0.429. The Morgan fingerprint density at radius 1 is 1.28 bits per heavy atom. The minimum absolute atomic E-state index is 0.429. The van der Waals surface area contributed by atoms with Gasteiger partial charge in [0.25, 0.3) is 0 Å². The number of nitriles is 1. The highest BCUT2D eigenvalue weighted by molar-refractivity contribution is 9.10. The molecule has 0 spiro atoms. The second-order valence-electron chi connectivity index (χ2n) is 4.45. The SMILES string of the molecule is N#Cc1nnn(-c2ccc(Br)cc2)c1C1CCC1. The molecule has 1 aromatic carbocycles. The topological polar surface area (TPSA) is 54.5 Å². The highest BCUT2D eigenvalue weighted by Gasteiger charge is 2.28. The van der Waals surface area contributed by atoms with Crippen molar-refractivity contribution in [2.45, 2.75) is 25.2 Å². The van der Waals surface area contributed by atoms with Crippen molar-refractivity contribution >= 4 is 15.9 Å². The van der Waals surface area contributed by atoms with Crippen LogP contribution in [-0.2, 0) is 0 Å². The molecule has 0 radical (unpaired) electrons. The number of nitrogens with zero attached hydrogens (tertiary/aromatic N) is 4. The summed E-state index contributed by atoms with van der Waals surface area (Å²) in [5.74, 6) is 0.429. The monoisotopic (exact) mass is 302 g/mol. The Labute approximate surface area is 113 Å². The van der Waals surface area contributed by atoms with Crippen molar-refractivity contribution in [3.05, 3.63) is 40.1 Å². The Hall–Kier alpha value is -1.67. The zero-order valence-corrected chi connectivity index (χ0v) is 11.3. The first-order valence-electron chi connectivity index (χ1n) is 5.91. The third-order valence-corrected chi connectivity index (χ3v) is 3.90. The van der Waals surface area contributed by atoms with E-state index in [9.17, 15) is 0 Å². The van der Waals surface area contributed by atoms with Crippen LogP contribution in [0.5, 0.6) is 0 Å². The lowest BCUT2D eigenvalue weighted by atomic mass is 9.82. The maximum atomic E-state index is 9.12. The van der Waals surface area contributed by atoms with Crippen molar-refractivity contribution in [1.82, 2.24) is 15.0 Å². The van der Waals surface area contributed by atoms with E-state index in [1.165, 1.54) is 6.42 Å². The molecule has 90 valence electrons. The molecule has 0 atom stereocenters. The Morgan fingerprint density at radius 3 is 2.56 bits per heavy atom.